The summed E-state index contributed by atoms with van der Waals surface area (Å²) in [6.07, 6.45) is 3.80. The zero-order valence-corrected chi connectivity index (χ0v) is 18.0. The Hall–Kier alpha value is -3.33. The van der Waals surface area contributed by atoms with Crippen molar-refractivity contribution in [1.29, 1.82) is 0 Å². The maximum absolute atomic E-state index is 11.2. The molecule has 0 aliphatic carbocycles. The normalized spacial score (nSPS) is 16.4. The van der Waals surface area contributed by atoms with Crippen molar-refractivity contribution < 1.29 is 14.4 Å². The number of nitrogens with zero attached hydrogens (tertiary/aromatic N) is 5. The van der Waals surface area contributed by atoms with Gasteiger partial charge in [-0.25, -0.2) is 4.98 Å². The minimum absolute atomic E-state index is 0.0668. The Labute approximate surface area is 186 Å². The first-order chi connectivity index (χ1) is 15.7. The number of hydrogen-bond donors (Lipinski definition) is 0. The highest BCUT2D eigenvalue weighted by molar-refractivity contribution is 5.84. The molecule has 0 atom stereocenters. The zero-order chi connectivity index (χ0) is 21.9. The number of nitro benzene ring substituents is 1. The third-order valence-electron chi connectivity index (χ3n) is 6.21. The van der Waals surface area contributed by atoms with Gasteiger partial charge < -0.3 is 18.9 Å². The number of piperazine rings is 1. The highest BCUT2D eigenvalue weighted by atomic mass is 16.6. The van der Waals surface area contributed by atoms with E-state index in [1.54, 1.807) is 12.4 Å². The first kappa shape index (κ1) is 20.6. The molecule has 9 heteroatoms. The van der Waals surface area contributed by atoms with Crippen LogP contribution in [0.1, 0.15) is 12.8 Å². The maximum Gasteiger partial charge on any atom is 0.297 e. The smallest absolute Gasteiger partial charge is 0.297 e. The van der Waals surface area contributed by atoms with Gasteiger partial charge in [0.2, 0.25) is 0 Å². The molecular weight excluding hydrogens is 410 g/mol. The number of ether oxygens (including phenoxy) is 2. The number of imidazole rings is 1. The van der Waals surface area contributed by atoms with E-state index >= 15 is 0 Å². The molecule has 0 saturated carbocycles. The molecule has 2 aliphatic rings. The Bertz CT molecular complexity index is 1110. The fraction of sp³-hybridized carbons (Fsp3) is 0.435. The fourth-order valence-corrected chi connectivity index (χ4v) is 4.47. The molecule has 2 aromatic carbocycles. The molecular formula is C23H27N5O4. The standard InChI is InChI=1S/C23H27N5O4/c29-28(30)20-5-3-4-19-23(20)24-17-27(19)9-2-1-8-25-10-12-26(13-11-25)18-6-7-21-22(16-18)32-15-14-31-21/h3-7,16-17H,1-2,8-15H2. The molecule has 1 saturated heterocycles. The molecule has 1 fully saturated rings. The number of rotatable bonds is 7. The third kappa shape index (κ3) is 4.20. The van der Waals surface area contributed by atoms with E-state index in [-0.39, 0.29) is 10.6 Å². The van der Waals surface area contributed by atoms with E-state index in [1.165, 1.54) is 11.8 Å². The van der Waals surface area contributed by atoms with Gasteiger partial charge in [-0.3, -0.25) is 15.0 Å². The second-order valence-electron chi connectivity index (χ2n) is 8.20. The van der Waals surface area contributed by atoms with Crippen LogP contribution in [0, 0.1) is 10.1 Å². The van der Waals surface area contributed by atoms with Crippen LogP contribution in [0.2, 0.25) is 0 Å². The molecule has 168 valence electrons. The SMILES string of the molecule is O=[N+]([O-])c1cccc2c1ncn2CCCCN1CCN(c2ccc3c(c2)OCCO3)CC1. The van der Waals surface area contributed by atoms with Gasteiger partial charge in [0.05, 0.1) is 16.8 Å². The Morgan fingerprint density at radius 1 is 0.969 bits per heavy atom. The molecule has 0 amide bonds. The number of fused-ring (bicyclic) bond motifs is 2. The maximum atomic E-state index is 11.2. The molecule has 32 heavy (non-hydrogen) atoms. The second kappa shape index (κ2) is 9.04. The highest BCUT2D eigenvalue weighted by Gasteiger charge is 2.20. The Balaban J connectivity index is 1.09. The van der Waals surface area contributed by atoms with Gasteiger partial charge in [0.1, 0.15) is 13.2 Å². The van der Waals surface area contributed by atoms with Crippen LogP contribution >= 0.6 is 0 Å². The van der Waals surface area contributed by atoms with Gasteiger partial charge in [0, 0.05) is 50.5 Å². The average molecular weight is 438 g/mol. The van der Waals surface area contributed by atoms with E-state index < -0.39 is 0 Å². The van der Waals surface area contributed by atoms with Gasteiger partial charge in [-0.05, 0) is 37.6 Å². The number of aryl methyl sites for hydroxylation is 1. The number of aromatic nitrogens is 2. The number of benzene rings is 2. The number of anilines is 1. The predicted octanol–water partition coefficient (Wildman–Crippen LogP) is 3.32. The number of para-hydroxylation sites is 1. The Morgan fingerprint density at radius 3 is 2.56 bits per heavy atom. The van der Waals surface area contributed by atoms with Gasteiger partial charge in [-0.2, -0.15) is 0 Å². The minimum atomic E-state index is -0.371. The Morgan fingerprint density at radius 2 is 1.75 bits per heavy atom. The van der Waals surface area contributed by atoms with E-state index in [0.717, 1.165) is 69.1 Å². The summed E-state index contributed by atoms with van der Waals surface area (Å²) in [6, 6.07) is 11.3. The van der Waals surface area contributed by atoms with Crippen molar-refractivity contribution in [3.8, 4) is 11.5 Å². The van der Waals surface area contributed by atoms with Crippen molar-refractivity contribution >= 4 is 22.4 Å². The molecule has 2 aliphatic heterocycles. The number of non-ortho nitro benzene ring substituents is 1. The summed E-state index contributed by atoms with van der Waals surface area (Å²) < 4.78 is 13.3. The summed E-state index contributed by atoms with van der Waals surface area (Å²) in [5.41, 5.74) is 2.55. The van der Waals surface area contributed by atoms with Crippen LogP contribution in [0.5, 0.6) is 11.5 Å². The average Bonchev–Trinajstić information content (AvgIpc) is 3.25. The molecule has 5 rings (SSSR count). The van der Waals surface area contributed by atoms with Gasteiger partial charge in [-0.15, -0.1) is 0 Å². The van der Waals surface area contributed by atoms with E-state index in [9.17, 15) is 10.1 Å². The van der Waals surface area contributed by atoms with Crippen LogP contribution in [-0.2, 0) is 6.54 Å². The van der Waals surface area contributed by atoms with Crippen molar-refractivity contribution in [2.24, 2.45) is 0 Å². The van der Waals surface area contributed by atoms with Crippen molar-refractivity contribution in [3.63, 3.8) is 0 Å². The Kier molecular flexibility index (Phi) is 5.81. The summed E-state index contributed by atoms with van der Waals surface area (Å²) in [5.74, 6) is 1.67. The lowest BCUT2D eigenvalue weighted by atomic mass is 10.2. The second-order valence-corrected chi connectivity index (χ2v) is 8.20. The monoisotopic (exact) mass is 437 g/mol. The summed E-state index contributed by atoms with van der Waals surface area (Å²) in [5, 5.41) is 11.2. The molecule has 0 radical (unpaired) electrons. The van der Waals surface area contributed by atoms with Crippen LogP contribution in [0.15, 0.2) is 42.7 Å². The predicted molar refractivity (Wildman–Crippen MR) is 122 cm³/mol. The minimum Gasteiger partial charge on any atom is -0.486 e. The lowest BCUT2D eigenvalue weighted by molar-refractivity contribution is -0.383. The molecule has 1 aromatic heterocycles. The van der Waals surface area contributed by atoms with E-state index in [2.05, 4.69) is 26.9 Å². The molecule has 3 aromatic rings. The van der Waals surface area contributed by atoms with Gasteiger partial charge in [-0.1, -0.05) is 6.07 Å². The number of unbranched alkanes of at least 4 members (excludes halogenated alkanes) is 1. The van der Waals surface area contributed by atoms with Crippen molar-refractivity contribution in [3.05, 3.63) is 52.8 Å². The lowest BCUT2D eigenvalue weighted by Crippen LogP contribution is -2.46. The molecule has 0 spiro atoms. The third-order valence-corrected chi connectivity index (χ3v) is 6.21. The van der Waals surface area contributed by atoms with Crippen molar-refractivity contribution in [2.45, 2.75) is 19.4 Å². The first-order valence-electron chi connectivity index (χ1n) is 11.1. The van der Waals surface area contributed by atoms with Crippen LogP contribution in [0.3, 0.4) is 0 Å². The first-order valence-corrected chi connectivity index (χ1v) is 11.1. The van der Waals surface area contributed by atoms with Gasteiger partial charge in [0.15, 0.2) is 17.0 Å². The summed E-state index contributed by atoms with van der Waals surface area (Å²) in [4.78, 5) is 20.0. The summed E-state index contributed by atoms with van der Waals surface area (Å²) in [6.45, 7) is 7.16. The highest BCUT2D eigenvalue weighted by Crippen LogP contribution is 2.34. The molecule has 9 nitrogen and oxygen atoms in total. The molecule has 0 N–H and O–H groups in total. The van der Waals surface area contributed by atoms with E-state index in [0.29, 0.717) is 18.7 Å². The van der Waals surface area contributed by atoms with Crippen LogP contribution < -0.4 is 14.4 Å². The van der Waals surface area contributed by atoms with E-state index in [1.807, 2.05) is 16.7 Å². The largest absolute Gasteiger partial charge is 0.486 e. The van der Waals surface area contributed by atoms with Crippen LogP contribution in [0.25, 0.3) is 11.0 Å². The topological polar surface area (TPSA) is 85.9 Å². The number of nitro groups is 1. The van der Waals surface area contributed by atoms with Crippen LogP contribution in [-0.4, -0.2) is 65.3 Å². The molecule has 0 unspecified atom stereocenters. The van der Waals surface area contributed by atoms with Gasteiger partial charge in [0.25, 0.3) is 5.69 Å². The summed E-state index contributed by atoms with van der Waals surface area (Å²) >= 11 is 0. The summed E-state index contributed by atoms with van der Waals surface area (Å²) in [7, 11) is 0. The van der Waals surface area contributed by atoms with Crippen molar-refractivity contribution in [2.75, 3.05) is 50.8 Å². The quantitative estimate of drug-likeness (QED) is 0.318. The van der Waals surface area contributed by atoms with E-state index in [4.69, 9.17) is 9.47 Å². The zero-order valence-electron chi connectivity index (χ0n) is 18.0. The van der Waals surface area contributed by atoms with Gasteiger partial charge >= 0.3 is 0 Å². The van der Waals surface area contributed by atoms with Crippen molar-refractivity contribution in [1.82, 2.24) is 14.5 Å². The molecule has 0 bridgehead atoms. The lowest BCUT2D eigenvalue weighted by Gasteiger charge is -2.36. The fourth-order valence-electron chi connectivity index (χ4n) is 4.47. The van der Waals surface area contributed by atoms with Crippen LogP contribution in [0.4, 0.5) is 11.4 Å². The molecule has 3 heterocycles. The number of hydrogen-bond acceptors (Lipinski definition) is 7.